The summed E-state index contributed by atoms with van der Waals surface area (Å²) in [5.74, 6) is 0.118. The summed E-state index contributed by atoms with van der Waals surface area (Å²) in [6, 6.07) is 7.73. The summed E-state index contributed by atoms with van der Waals surface area (Å²) < 4.78 is 11.4. The van der Waals surface area contributed by atoms with E-state index in [4.69, 9.17) is 9.15 Å². The zero-order chi connectivity index (χ0) is 24.1. The van der Waals surface area contributed by atoms with Gasteiger partial charge >= 0.3 is 0 Å². The molecule has 8 heteroatoms. The molecule has 1 aromatic carbocycles. The third-order valence-electron chi connectivity index (χ3n) is 6.38. The van der Waals surface area contributed by atoms with Crippen molar-refractivity contribution in [2.24, 2.45) is 4.99 Å². The number of aliphatic imine (C=N–C) groups is 1. The lowest BCUT2D eigenvalue weighted by Gasteiger charge is -2.19. The molecule has 8 nitrogen and oxygen atoms in total. The zero-order valence-electron chi connectivity index (χ0n) is 20.0. The normalized spacial score (nSPS) is 18.5. The molecule has 0 spiro atoms. The number of amides is 2. The van der Waals surface area contributed by atoms with Crippen LogP contribution in [0.25, 0.3) is 17.0 Å². The van der Waals surface area contributed by atoms with Gasteiger partial charge in [-0.25, -0.2) is 4.98 Å². The van der Waals surface area contributed by atoms with Gasteiger partial charge in [0.25, 0.3) is 11.8 Å². The minimum absolute atomic E-state index is 0.0557. The quantitative estimate of drug-likeness (QED) is 0.587. The van der Waals surface area contributed by atoms with Crippen molar-refractivity contribution in [2.75, 3.05) is 13.2 Å². The van der Waals surface area contributed by atoms with Gasteiger partial charge in [-0.1, -0.05) is 26.0 Å². The van der Waals surface area contributed by atoms with E-state index in [-0.39, 0.29) is 35.8 Å². The fourth-order valence-corrected chi connectivity index (χ4v) is 4.22. The Morgan fingerprint density at radius 1 is 1.15 bits per heavy atom. The van der Waals surface area contributed by atoms with Crippen LogP contribution in [0.15, 0.2) is 45.9 Å². The van der Waals surface area contributed by atoms with Gasteiger partial charge in [-0.15, -0.1) is 0 Å². The number of rotatable bonds is 9. The Labute approximate surface area is 199 Å². The maximum absolute atomic E-state index is 12.7. The number of aromatic nitrogens is 1. The number of benzene rings is 1. The molecule has 2 aliphatic heterocycles. The minimum Gasteiger partial charge on any atom is -0.431 e. The van der Waals surface area contributed by atoms with E-state index in [1.54, 1.807) is 0 Å². The molecular formula is C26H32N4O4. The van der Waals surface area contributed by atoms with Crippen LogP contribution in [0, 0.1) is 0 Å². The molecule has 3 heterocycles. The van der Waals surface area contributed by atoms with Crippen molar-refractivity contribution in [3.63, 3.8) is 0 Å². The van der Waals surface area contributed by atoms with Gasteiger partial charge in [0.05, 0.1) is 24.9 Å². The maximum Gasteiger partial charge on any atom is 0.288 e. The largest absolute Gasteiger partial charge is 0.431 e. The number of oxazole rings is 1. The number of nitrogens with zero attached hydrogens (tertiary/aromatic N) is 2. The van der Waals surface area contributed by atoms with E-state index in [0.29, 0.717) is 18.1 Å². The number of carbonyl (C=O) groups is 2. The highest BCUT2D eigenvalue weighted by molar-refractivity contribution is 6.45. The molecular weight excluding hydrogens is 432 g/mol. The molecule has 34 heavy (non-hydrogen) atoms. The second-order valence-electron chi connectivity index (χ2n) is 8.78. The molecule has 2 N–H and O–H groups in total. The lowest BCUT2D eigenvalue weighted by molar-refractivity contribution is -0.116. The first-order chi connectivity index (χ1) is 16.5. The van der Waals surface area contributed by atoms with Gasteiger partial charge in [-0.2, -0.15) is 0 Å². The van der Waals surface area contributed by atoms with Crippen LogP contribution in [-0.2, 0) is 9.53 Å². The van der Waals surface area contributed by atoms with Crippen molar-refractivity contribution >= 4 is 23.1 Å². The fourth-order valence-electron chi connectivity index (χ4n) is 4.22. The van der Waals surface area contributed by atoms with E-state index in [1.165, 1.54) is 6.20 Å². The summed E-state index contributed by atoms with van der Waals surface area (Å²) in [5.41, 5.74) is 3.04. The highest BCUT2D eigenvalue weighted by Gasteiger charge is 2.26. The molecule has 180 valence electrons. The molecule has 0 aliphatic carbocycles. The minimum atomic E-state index is -0.261. The lowest BCUT2D eigenvalue weighted by atomic mass is 10.0. The van der Waals surface area contributed by atoms with Gasteiger partial charge in [-0.3, -0.25) is 14.6 Å². The van der Waals surface area contributed by atoms with E-state index in [1.807, 2.05) is 51.1 Å². The van der Waals surface area contributed by atoms with Crippen LogP contribution in [0.3, 0.4) is 0 Å². The van der Waals surface area contributed by atoms with Crippen LogP contribution in [0.2, 0.25) is 0 Å². The average Bonchev–Trinajstić information content (AvgIpc) is 3.64. The van der Waals surface area contributed by atoms with Gasteiger partial charge in [0.15, 0.2) is 0 Å². The summed E-state index contributed by atoms with van der Waals surface area (Å²) in [4.78, 5) is 33.8. The highest BCUT2D eigenvalue weighted by Crippen LogP contribution is 2.26. The Hall–Kier alpha value is -3.26. The Kier molecular flexibility index (Phi) is 7.57. The predicted octanol–water partition coefficient (Wildman–Crippen LogP) is 3.78. The van der Waals surface area contributed by atoms with Crippen LogP contribution in [0.4, 0.5) is 0 Å². The molecule has 2 aromatic rings. The van der Waals surface area contributed by atoms with E-state index < -0.39 is 0 Å². The first kappa shape index (κ1) is 23.9. The number of ether oxygens (including phenoxy) is 1. The number of hydrogen-bond donors (Lipinski definition) is 2. The number of carbonyl (C=O) groups excluding carboxylic acids is 2. The van der Waals surface area contributed by atoms with Crippen LogP contribution < -0.4 is 10.6 Å². The average molecular weight is 465 g/mol. The first-order valence-corrected chi connectivity index (χ1v) is 12.0. The standard InChI is InChI=1S/C26H32N4O4/c1-4-20(5-2)30-25(32)23-15-28-26(34-23)18-9-6-8-17(12-18)19-13-21(27-14-19)24(31)29-16(3)22-10-7-11-33-22/h6,8-9,12-13,15-16,20,22H,4-5,7,10-11,14H2,1-3H3,(H,29,31)(H,30,32)/t16-,22+/m0/s1. The SMILES string of the molecule is CCC(CC)NC(=O)c1cnc(-c2cccc(C3=CC(C(=O)N[C@@H](C)[C@H]4CCCO4)=NC3)c2)o1. The van der Waals surface area contributed by atoms with E-state index >= 15 is 0 Å². The topological polar surface area (TPSA) is 106 Å². The molecule has 4 rings (SSSR count). The number of hydrogen-bond acceptors (Lipinski definition) is 6. The second kappa shape index (κ2) is 10.8. The Balaban J connectivity index is 1.42. The molecule has 2 atom stereocenters. The van der Waals surface area contributed by atoms with Gasteiger partial charge in [0.1, 0.15) is 5.71 Å². The van der Waals surface area contributed by atoms with Crippen LogP contribution >= 0.6 is 0 Å². The molecule has 0 unspecified atom stereocenters. The Morgan fingerprint density at radius 2 is 1.94 bits per heavy atom. The number of nitrogens with one attached hydrogen (secondary N) is 2. The predicted molar refractivity (Wildman–Crippen MR) is 131 cm³/mol. The molecule has 2 aliphatic rings. The smallest absolute Gasteiger partial charge is 0.288 e. The van der Waals surface area contributed by atoms with Gasteiger partial charge in [0.2, 0.25) is 11.7 Å². The molecule has 1 aromatic heterocycles. The van der Waals surface area contributed by atoms with Crippen LogP contribution in [0.5, 0.6) is 0 Å². The summed E-state index contributed by atoms with van der Waals surface area (Å²) >= 11 is 0. The Morgan fingerprint density at radius 3 is 2.68 bits per heavy atom. The summed E-state index contributed by atoms with van der Waals surface area (Å²) in [7, 11) is 0. The summed E-state index contributed by atoms with van der Waals surface area (Å²) in [6.07, 6.45) is 7.04. The maximum atomic E-state index is 12.7. The van der Waals surface area contributed by atoms with Crippen molar-refractivity contribution in [2.45, 2.75) is 64.6 Å². The summed E-state index contributed by atoms with van der Waals surface area (Å²) in [6.45, 7) is 7.21. The van der Waals surface area contributed by atoms with Gasteiger partial charge in [0, 0.05) is 18.2 Å². The van der Waals surface area contributed by atoms with E-state index in [2.05, 4.69) is 20.6 Å². The summed E-state index contributed by atoms with van der Waals surface area (Å²) in [5, 5.41) is 5.96. The van der Waals surface area contributed by atoms with Crippen LogP contribution in [-0.4, -0.2) is 53.8 Å². The fraction of sp³-hybridized carbons (Fsp3) is 0.462. The molecule has 2 amide bonds. The second-order valence-corrected chi connectivity index (χ2v) is 8.78. The van der Waals surface area contributed by atoms with Crippen molar-refractivity contribution in [3.05, 3.63) is 47.9 Å². The molecule has 0 bridgehead atoms. The van der Waals surface area contributed by atoms with Crippen molar-refractivity contribution in [3.8, 4) is 11.5 Å². The zero-order valence-corrected chi connectivity index (χ0v) is 20.0. The van der Waals surface area contributed by atoms with Crippen molar-refractivity contribution in [1.29, 1.82) is 0 Å². The Bertz CT molecular complexity index is 1090. The third-order valence-corrected chi connectivity index (χ3v) is 6.38. The van der Waals surface area contributed by atoms with Crippen LogP contribution in [0.1, 0.15) is 62.6 Å². The van der Waals surface area contributed by atoms with Gasteiger partial charge in [-0.05, 0) is 62.0 Å². The van der Waals surface area contributed by atoms with Gasteiger partial charge < -0.3 is 19.8 Å². The molecule has 1 saturated heterocycles. The monoisotopic (exact) mass is 464 g/mol. The van der Waals surface area contributed by atoms with Crippen molar-refractivity contribution < 1.29 is 18.7 Å². The van der Waals surface area contributed by atoms with Crippen molar-refractivity contribution in [1.82, 2.24) is 15.6 Å². The lowest BCUT2D eigenvalue weighted by Crippen LogP contribution is -2.43. The van der Waals surface area contributed by atoms with E-state index in [9.17, 15) is 9.59 Å². The highest BCUT2D eigenvalue weighted by atomic mass is 16.5. The van der Waals surface area contributed by atoms with E-state index in [0.717, 1.165) is 49.0 Å². The molecule has 1 fully saturated rings. The molecule has 0 saturated carbocycles. The first-order valence-electron chi connectivity index (χ1n) is 12.0. The molecule has 0 radical (unpaired) electrons. The third kappa shape index (κ3) is 5.44.